The molecule has 0 radical (unpaired) electrons. The highest BCUT2D eigenvalue weighted by atomic mass is 32.2. The molecular weight excluding hydrogens is 476 g/mol. The molecule has 0 spiro atoms. The number of hydrogen-bond donors (Lipinski definition) is 5. The van der Waals surface area contributed by atoms with Crippen LogP contribution in [0, 0.1) is 0 Å². The van der Waals surface area contributed by atoms with Gasteiger partial charge < -0.3 is 27.1 Å². The van der Waals surface area contributed by atoms with E-state index in [2.05, 4.69) is 15.5 Å². The van der Waals surface area contributed by atoms with Crippen molar-refractivity contribution in [1.29, 1.82) is 0 Å². The number of aromatic nitrogens is 1. The van der Waals surface area contributed by atoms with Crippen molar-refractivity contribution in [2.24, 2.45) is 10.9 Å². The molecule has 11 nitrogen and oxygen atoms in total. The van der Waals surface area contributed by atoms with Crippen LogP contribution in [-0.4, -0.2) is 67.4 Å². The van der Waals surface area contributed by atoms with E-state index < -0.39 is 29.2 Å². The van der Waals surface area contributed by atoms with Crippen LogP contribution in [-0.2, 0) is 14.4 Å². The van der Waals surface area contributed by atoms with Crippen LogP contribution in [0.2, 0.25) is 0 Å². The number of amides is 2. The molecular formula is C18H20N6O5S3. The number of nitrogens with one attached hydrogen (secondary N) is 1. The van der Waals surface area contributed by atoms with E-state index in [-0.39, 0.29) is 22.2 Å². The smallest absolute Gasteiger partial charge is 0.353 e. The van der Waals surface area contributed by atoms with E-state index in [0.29, 0.717) is 17.2 Å². The van der Waals surface area contributed by atoms with Crippen LogP contribution in [0.25, 0.3) is 0 Å². The van der Waals surface area contributed by atoms with Crippen LogP contribution in [0.1, 0.15) is 25.0 Å². The predicted octanol–water partition coefficient (Wildman–Crippen LogP) is 0.730. The number of nitrogen functional groups attached to an aromatic ring is 1. The van der Waals surface area contributed by atoms with Crippen molar-refractivity contribution in [2.75, 3.05) is 18.0 Å². The van der Waals surface area contributed by atoms with E-state index in [1.54, 1.807) is 0 Å². The molecule has 14 heteroatoms. The summed E-state index contributed by atoms with van der Waals surface area (Å²) in [7, 11) is 0. The molecule has 1 fully saturated rings. The zero-order chi connectivity index (χ0) is 23.0. The highest BCUT2D eigenvalue weighted by molar-refractivity contribution is 8.09. The molecule has 4 rings (SSSR count). The molecule has 2 atom stereocenters. The summed E-state index contributed by atoms with van der Waals surface area (Å²) in [6.45, 7) is 0.434. The lowest BCUT2D eigenvalue weighted by Gasteiger charge is -2.49. The topological polar surface area (TPSA) is 184 Å². The maximum atomic E-state index is 12.8. The number of oxime groups is 1. The fourth-order valence-corrected chi connectivity index (χ4v) is 7.09. The van der Waals surface area contributed by atoms with Crippen molar-refractivity contribution in [2.45, 2.75) is 30.7 Å². The number of rotatable bonds is 7. The van der Waals surface area contributed by atoms with E-state index in [9.17, 15) is 24.7 Å². The SMILES string of the molecule is NCC1=C(SC2=C(C(=O)O)N3C(=O)C(NC(=O)/C(=N\O)c4csc(N)n4)[C@H]3SC2)CCC1. The number of allylic oxidation sites excluding steroid dienone is 1. The van der Waals surface area contributed by atoms with Crippen LogP contribution < -0.4 is 16.8 Å². The molecule has 1 aromatic rings. The third-order valence-electron chi connectivity index (χ3n) is 5.27. The minimum absolute atomic E-state index is 0.0617. The molecule has 32 heavy (non-hydrogen) atoms. The summed E-state index contributed by atoms with van der Waals surface area (Å²) < 4.78 is 0. The van der Waals surface area contributed by atoms with Crippen LogP contribution in [0.4, 0.5) is 5.13 Å². The monoisotopic (exact) mass is 496 g/mol. The molecule has 7 N–H and O–H groups in total. The fourth-order valence-electron chi connectivity index (χ4n) is 3.75. The Bertz CT molecular complexity index is 1080. The van der Waals surface area contributed by atoms with E-state index in [1.165, 1.54) is 33.8 Å². The maximum absolute atomic E-state index is 12.8. The summed E-state index contributed by atoms with van der Waals surface area (Å²) in [5.74, 6) is -2.15. The zero-order valence-corrected chi connectivity index (χ0v) is 19.1. The number of carbonyl (C=O) groups is 3. The van der Waals surface area contributed by atoms with E-state index in [1.807, 2.05) is 0 Å². The zero-order valence-electron chi connectivity index (χ0n) is 16.6. The van der Waals surface area contributed by atoms with E-state index in [0.717, 1.165) is 41.1 Å². The number of nitrogens with zero attached hydrogens (tertiary/aromatic N) is 3. The van der Waals surface area contributed by atoms with Gasteiger partial charge >= 0.3 is 5.97 Å². The molecule has 170 valence electrons. The minimum atomic E-state index is -1.20. The van der Waals surface area contributed by atoms with Crippen molar-refractivity contribution in [3.63, 3.8) is 0 Å². The number of carboxylic acids is 1. The Hall–Kier alpha value is -2.55. The number of fused-ring (bicyclic) bond motifs is 1. The third kappa shape index (κ3) is 3.98. The van der Waals surface area contributed by atoms with Gasteiger partial charge in [0, 0.05) is 22.6 Å². The van der Waals surface area contributed by atoms with Crippen LogP contribution >= 0.6 is 34.9 Å². The highest BCUT2D eigenvalue weighted by Gasteiger charge is 2.54. The molecule has 3 aliphatic rings. The first kappa shape index (κ1) is 22.6. The summed E-state index contributed by atoms with van der Waals surface area (Å²) in [5.41, 5.74) is 12.1. The Morgan fingerprint density at radius 1 is 1.38 bits per heavy atom. The number of carbonyl (C=O) groups excluding carboxylic acids is 2. The second-order valence-electron chi connectivity index (χ2n) is 7.14. The second kappa shape index (κ2) is 9.13. The number of thioether (sulfide) groups is 2. The third-order valence-corrected chi connectivity index (χ3v) is 8.73. The Balaban J connectivity index is 1.52. The van der Waals surface area contributed by atoms with Crippen LogP contribution in [0.5, 0.6) is 0 Å². The van der Waals surface area contributed by atoms with Crippen molar-refractivity contribution in [3.05, 3.63) is 32.2 Å². The van der Waals surface area contributed by atoms with Gasteiger partial charge in [0.25, 0.3) is 11.8 Å². The number of anilines is 1. The van der Waals surface area contributed by atoms with Gasteiger partial charge in [-0.15, -0.1) is 23.1 Å². The van der Waals surface area contributed by atoms with Gasteiger partial charge in [0.15, 0.2) is 10.8 Å². The number of nitrogens with two attached hydrogens (primary N) is 2. The van der Waals surface area contributed by atoms with Crippen LogP contribution in [0.15, 0.2) is 31.6 Å². The largest absolute Gasteiger partial charge is 0.477 e. The number of thiazole rings is 1. The van der Waals surface area contributed by atoms with Crippen molar-refractivity contribution in [3.8, 4) is 0 Å². The molecule has 0 bridgehead atoms. The Morgan fingerprint density at radius 2 is 2.16 bits per heavy atom. The average Bonchev–Trinajstić information content (AvgIpc) is 3.40. The van der Waals surface area contributed by atoms with Gasteiger partial charge in [-0.25, -0.2) is 9.78 Å². The Labute approximate surface area is 195 Å². The Morgan fingerprint density at radius 3 is 2.78 bits per heavy atom. The number of β-lactam (4-membered cyclic amide) rings is 1. The first-order valence-electron chi connectivity index (χ1n) is 9.60. The van der Waals surface area contributed by atoms with Crippen molar-refractivity contribution < 1.29 is 24.7 Å². The minimum Gasteiger partial charge on any atom is -0.477 e. The van der Waals surface area contributed by atoms with Gasteiger partial charge in [0.1, 0.15) is 22.8 Å². The van der Waals surface area contributed by atoms with Gasteiger partial charge in [-0.2, -0.15) is 0 Å². The highest BCUT2D eigenvalue weighted by Crippen LogP contribution is 2.47. The average molecular weight is 497 g/mol. The summed E-state index contributed by atoms with van der Waals surface area (Å²) >= 11 is 3.82. The molecule has 1 aliphatic carbocycles. The van der Waals surface area contributed by atoms with Gasteiger partial charge in [0.05, 0.1) is 0 Å². The molecule has 1 unspecified atom stereocenters. The molecule has 2 aliphatic heterocycles. The summed E-state index contributed by atoms with van der Waals surface area (Å²) in [5, 5.41) is 25.6. The molecule has 2 amide bonds. The lowest BCUT2D eigenvalue weighted by atomic mass is 10.0. The molecule has 1 aromatic heterocycles. The fraction of sp³-hybridized carbons (Fsp3) is 0.389. The van der Waals surface area contributed by atoms with E-state index >= 15 is 0 Å². The normalized spacial score (nSPS) is 23.3. The summed E-state index contributed by atoms with van der Waals surface area (Å²) in [6.07, 6.45) is 2.73. The predicted molar refractivity (Wildman–Crippen MR) is 122 cm³/mol. The lowest BCUT2D eigenvalue weighted by molar-refractivity contribution is -0.150. The van der Waals surface area contributed by atoms with Gasteiger partial charge in [0.2, 0.25) is 0 Å². The van der Waals surface area contributed by atoms with Crippen LogP contribution in [0.3, 0.4) is 0 Å². The lowest BCUT2D eigenvalue weighted by Crippen LogP contribution is -2.71. The standard InChI is InChI=1S/C18H20N6O5S3/c19-4-7-2-1-3-9(7)32-10-6-30-16-12(15(26)24(16)13(10)17(27)28)22-14(25)11(23-29)8-5-31-18(20)21-8/h5,12,16,29H,1-4,6,19H2,(H2,20,21)(H,22,25)(H,27,28)/b23-11-/t12?,16-/m1/s1. The van der Waals surface area contributed by atoms with Gasteiger partial charge in [-0.05, 0) is 29.7 Å². The number of hydrogen-bond acceptors (Lipinski definition) is 11. The number of aliphatic carboxylic acids is 1. The second-order valence-corrected chi connectivity index (χ2v) is 10.3. The molecule has 0 aromatic carbocycles. The quantitative estimate of drug-likeness (QED) is 0.156. The van der Waals surface area contributed by atoms with Gasteiger partial charge in [-0.3, -0.25) is 14.5 Å². The number of carboxylic acid groups (broad SMARTS) is 1. The summed E-state index contributed by atoms with van der Waals surface area (Å²) in [4.78, 5) is 44.2. The van der Waals surface area contributed by atoms with Crippen molar-refractivity contribution in [1.82, 2.24) is 15.2 Å². The molecule has 3 heterocycles. The van der Waals surface area contributed by atoms with Crippen molar-refractivity contribution >= 4 is 63.5 Å². The maximum Gasteiger partial charge on any atom is 0.353 e. The first-order valence-corrected chi connectivity index (χ1v) is 12.3. The Kier molecular flexibility index (Phi) is 6.46. The van der Waals surface area contributed by atoms with E-state index in [4.69, 9.17) is 11.5 Å². The molecule has 0 saturated carbocycles. The summed E-state index contributed by atoms with van der Waals surface area (Å²) in [6, 6.07) is -0.952. The van der Waals surface area contributed by atoms with Gasteiger partial charge in [-0.1, -0.05) is 16.9 Å². The molecule has 1 saturated heterocycles. The first-order chi connectivity index (χ1) is 15.3.